The predicted octanol–water partition coefficient (Wildman–Crippen LogP) is 3.49. The van der Waals surface area contributed by atoms with Crippen molar-refractivity contribution in [3.8, 4) is 0 Å². The van der Waals surface area contributed by atoms with E-state index in [4.69, 9.17) is 0 Å². The Bertz CT molecular complexity index is 858. The molecular weight excluding hydrogens is 405 g/mol. The molecule has 1 fully saturated rings. The number of hydrogen-bond acceptors (Lipinski definition) is 4. The number of piperazine rings is 1. The van der Waals surface area contributed by atoms with Gasteiger partial charge in [0.2, 0.25) is 0 Å². The maximum atomic E-state index is 12.8. The van der Waals surface area contributed by atoms with Crippen molar-refractivity contribution >= 4 is 11.6 Å². The van der Waals surface area contributed by atoms with Crippen LogP contribution in [0, 0.1) is 0 Å². The first-order valence-electron chi connectivity index (χ1n) is 10.3. The van der Waals surface area contributed by atoms with Crippen LogP contribution in [0.3, 0.4) is 0 Å². The Balaban J connectivity index is 1.73. The molecule has 1 amide bonds. The zero-order chi connectivity index (χ0) is 22.6. The molecule has 0 radical (unpaired) electrons. The molecule has 0 bridgehead atoms. The molecule has 1 atom stereocenters. The molecule has 5 nitrogen and oxygen atoms in total. The molecule has 1 unspecified atom stereocenters. The van der Waals surface area contributed by atoms with Crippen LogP contribution in [0.5, 0.6) is 0 Å². The summed E-state index contributed by atoms with van der Waals surface area (Å²) < 4.78 is 38.3. The summed E-state index contributed by atoms with van der Waals surface area (Å²) in [5.41, 5.74) is 1.64. The largest absolute Gasteiger partial charge is 0.416 e. The number of nitrogens with one attached hydrogen (secondary N) is 1. The number of carbonyl (C=O) groups excluding carboxylic acids is 1. The molecule has 3 rings (SSSR count). The highest BCUT2D eigenvalue weighted by Crippen LogP contribution is 2.29. The number of anilines is 1. The fraction of sp³-hybridized carbons (Fsp3) is 0.435. The van der Waals surface area contributed by atoms with Crippen molar-refractivity contribution in [3.05, 3.63) is 65.2 Å². The molecule has 0 aliphatic carbocycles. The Morgan fingerprint density at radius 3 is 2.10 bits per heavy atom. The lowest BCUT2D eigenvalue weighted by atomic mass is 10.0. The SMILES string of the molecule is CN1CCN(C(CNC(=O)c2ccc(C(F)(F)F)cc2)c2ccc(N(C)C)cc2)CC1. The molecule has 8 heteroatoms. The number of alkyl halides is 3. The summed E-state index contributed by atoms with van der Waals surface area (Å²) in [6.07, 6.45) is -4.42. The number of likely N-dealkylation sites (N-methyl/N-ethyl adjacent to an activating group) is 1. The van der Waals surface area contributed by atoms with Gasteiger partial charge in [-0.25, -0.2) is 0 Å². The fourth-order valence-corrected chi connectivity index (χ4v) is 3.69. The van der Waals surface area contributed by atoms with Gasteiger partial charge in [0.25, 0.3) is 5.91 Å². The summed E-state index contributed by atoms with van der Waals surface area (Å²) in [4.78, 5) is 19.2. The maximum Gasteiger partial charge on any atom is 0.416 e. The van der Waals surface area contributed by atoms with E-state index in [0.29, 0.717) is 6.54 Å². The Kier molecular flexibility index (Phi) is 7.23. The molecule has 1 heterocycles. The zero-order valence-electron chi connectivity index (χ0n) is 18.1. The Morgan fingerprint density at radius 2 is 1.58 bits per heavy atom. The van der Waals surface area contributed by atoms with Gasteiger partial charge in [-0.3, -0.25) is 9.69 Å². The van der Waals surface area contributed by atoms with Crippen molar-refractivity contribution in [2.75, 3.05) is 58.8 Å². The van der Waals surface area contributed by atoms with E-state index in [1.807, 2.05) is 19.0 Å². The van der Waals surface area contributed by atoms with Crippen molar-refractivity contribution in [2.45, 2.75) is 12.2 Å². The Labute approximate surface area is 181 Å². The van der Waals surface area contributed by atoms with E-state index >= 15 is 0 Å². The average Bonchev–Trinajstić information content (AvgIpc) is 2.74. The number of hydrogen-bond donors (Lipinski definition) is 1. The first kappa shape index (κ1) is 23.1. The first-order chi connectivity index (χ1) is 14.6. The van der Waals surface area contributed by atoms with Crippen molar-refractivity contribution in [1.29, 1.82) is 0 Å². The topological polar surface area (TPSA) is 38.8 Å². The van der Waals surface area contributed by atoms with Crippen LogP contribution in [0.4, 0.5) is 18.9 Å². The Hall–Kier alpha value is -2.58. The van der Waals surface area contributed by atoms with Gasteiger partial charge in [0.05, 0.1) is 11.6 Å². The molecular formula is C23H29F3N4O. The van der Waals surface area contributed by atoms with E-state index in [0.717, 1.165) is 49.6 Å². The van der Waals surface area contributed by atoms with Gasteiger partial charge in [0, 0.05) is 58.1 Å². The molecule has 0 spiro atoms. The third-order valence-electron chi connectivity index (χ3n) is 5.70. The quantitative estimate of drug-likeness (QED) is 0.756. The second-order valence-electron chi connectivity index (χ2n) is 8.13. The minimum Gasteiger partial charge on any atom is -0.378 e. The van der Waals surface area contributed by atoms with E-state index in [1.54, 1.807) is 0 Å². The number of benzene rings is 2. The number of rotatable bonds is 6. The summed E-state index contributed by atoms with van der Waals surface area (Å²) in [5, 5.41) is 2.92. The lowest BCUT2D eigenvalue weighted by Gasteiger charge is -2.38. The van der Waals surface area contributed by atoms with Crippen LogP contribution in [0.2, 0.25) is 0 Å². The third-order valence-corrected chi connectivity index (χ3v) is 5.70. The molecule has 2 aromatic carbocycles. The van der Waals surface area contributed by atoms with Crippen molar-refractivity contribution in [1.82, 2.24) is 15.1 Å². The highest BCUT2D eigenvalue weighted by molar-refractivity contribution is 5.94. The van der Waals surface area contributed by atoms with Crippen molar-refractivity contribution in [2.24, 2.45) is 0 Å². The van der Waals surface area contributed by atoms with Crippen LogP contribution in [0.15, 0.2) is 48.5 Å². The normalized spacial score (nSPS) is 16.7. The van der Waals surface area contributed by atoms with E-state index < -0.39 is 11.7 Å². The molecule has 31 heavy (non-hydrogen) atoms. The van der Waals surface area contributed by atoms with Gasteiger partial charge in [0.1, 0.15) is 0 Å². The maximum absolute atomic E-state index is 12.8. The van der Waals surface area contributed by atoms with Crippen LogP contribution in [0.25, 0.3) is 0 Å². The highest BCUT2D eigenvalue weighted by Gasteiger charge is 2.30. The molecule has 1 aliphatic heterocycles. The molecule has 0 aromatic heterocycles. The summed E-state index contributed by atoms with van der Waals surface area (Å²) in [6.45, 7) is 4.03. The van der Waals surface area contributed by atoms with Gasteiger partial charge in [0.15, 0.2) is 0 Å². The minimum absolute atomic E-state index is 0.0108. The van der Waals surface area contributed by atoms with Crippen LogP contribution >= 0.6 is 0 Å². The van der Waals surface area contributed by atoms with Crippen LogP contribution < -0.4 is 10.2 Å². The van der Waals surface area contributed by atoms with Gasteiger partial charge in [-0.15, -0.1) is 0 Å². The van der Waals surface area contributed by atoms with Gasteiger partial charge >= 0.3 is 6.18 Å². The molecule has 1 N–H and O–H groups in total. The molecule has 0 saturated carbocycles. The smallest absolute Gasteiger partial charge is 0.378 e. The molecule has 1 saturated heterocycles. The number of carbonyl (C=O) groups is 1. The van der Waals surface area contributed by atoms with E-state index in [-0.39, 0.29) is 17.5 Å². The van der Waals surface area contributed by atoms with Crippen LogP contribution in [-0.2, 0) is 6.18 Å². The van der Waals surface area contributed by atoms with Crippen molar-refractivity contribution in [3.63, 3.8) is 0 Å². The standard InChI is InChI=1S/C23H29F3N4O/c1-28(2)20-10-6-17(7-11-20)21(30-14-12-29(3)13-15-30)16-27-22(31)18-4-8-19(9-5-18)23(24,25)26/h4-11,21H,12-16H2,1-3H3,(H,27,31). The highest BCUT2D eigenvalue weighted by atomic mass is 19.4. The second-order valence-corrected chi connectivity index (χ2v) is 8.13. The lowest BCUT2D eigenvalue weighted by Crippen LogP contribution is -2.48. The van der Waals surface area contributed by atoms with Crippen LogP contribution in [0.1, 0.15) is 27.5 Å². The first-order valence-corrected chi connectivity index (χ1v) is 10.3. The van der Waals surface area contributed by atoms with Gasteiger partial charge in [-0.2, -0.15) is 13.2 Å². The second kappa shape index (κ2) is 9.70. The van der Waals surface area contributed by atoms with E-state index in [2.05, 4.69) is 46.4 Å². The summed E-state index contributed by atoms with van der Waals surface area (Å²) in [5.74, 6) is -0.377. The predicted molar refractivity (Wildman–Crippen MR) is 116 cm³/mol. The third kappa shape index (κ3) is 5.98. The Morgan fingerprint density at radius 1 is 1.00 bits per heavy atom. The molecule has 168 valence electrons. The summed E-state index contributed by atoms with van der Waals surface area (Å²) in [6, 6.07) is 12.5. The molecule has 1 aliphatic rings. The summed E-state index contributed by atoms with van der Waals surface area (Å²) in [7, 11) is 6.05. The van der Waals surface area contributed by atoms with Crippen LogP contribution in [-0.4, -0.2) is 69.6 Å². The zero-order valence-corrected chi connectivity index (χ0v) is 18.1. The number of nitrogens with zero attached hydrogens (tertiary/aromatic N) is 3. The van der Waals surface area contributed by atoms with Gasteiger partial charge < -0.3 is 15.1 Å². The lowest BCUT2D eigenvalue weighted by molar-refractivity contribution is -0.137. The monoisotopic (exact) mass is 434 g/mol. The number of halogens is 3. The molecule has 2 aromatic rings. The van der Waals surface area contributed by atoms with E-state index in [9.17, 15) is 18.0 Å². The van der Waals surface area contributed by atoms with Crippen molar-refractivity contribution < 1.29 is 18.0 Å². The summed E-state index contributed by atoms with van der Waals surface area (Å²) >= 11 is 0. The minimum atomic E-state index is -4.42. The average molecular weight is 435 g/mol. The fourth-order valence-electron chi connectivity index (χ4n) is 3.69. The van der Waals surface area contributed by atoms with Gasteiger partial charge in [-0.1, -0.05) is 12.1 Å². The van der Waals surface area contributed by atoms with E-state index in [1.165, 1.54) is 12.1 Å². The number of amides is 1. The van der Waals surface area contributed by atoms with Gasteiger partial charge in [-0.05, 0) is 49.0 Å².